The number of aromatic nitrogens is 2. The van der Waals surface area contributed by atoms with Crippen molar-refractivity contribution in [3.05, 3.63) is 77.7 Å². The van der Waals surface area contributed by atoms with Gasteiger partial charge in [0.05, 0.1) is 17.3 Å². The van der Waals surface area contributed by atoms with Crippen molar-refractivity contribution in [3.8, 4) is 0 Å². The van der Waals surface area contributed by atoms with Crippen molar-refractivity contribution in [2.75, 3.05) is 5.32 Å². The van der Waals surface area contributed by atoms with Gasteiger partial charge in [-0.3, -0.25) is 4.98 Å². The Bertz CT molecular complexity index is 887. The van der Waals surface area contributed by atoms with Crippen LogP contribution >= 0.6 is 0 Å². The quantitative estimate of drug-likeness (QED) is 0.679. The van der Waals surface area contributed by atoms with Gasteiger partial charge in [-0.05, 0) is 55.8 Å². The molecule has 2 heterocycles. The van der Waals surface area contributed by atoms with E-state index in [2.05, 4.69) is 34.5 Å². The molecule has 3 nitrogen and oxygen atoms in total. The van der Waals surface area contributed by atoms with E-state index in [1.807, 2.05) is 19.1 Å². The van der Waals surface area contributed by atoms with Crippen LogP contribution in [0.1, 0.15) is 23.0 Å². The van der Waals surface area contributed by atoms with E-state index in [0.29, 0.717) is 0 Å². The summed E-state index contributed by atoms with van der Waals surface area (Å²) in [5.41, 5.74) is 7.82. The molecule has 2 N–H and O–H groups in total. The van der Waals surface area contributed by atoms with E-state index >= 15 is 0 Å². The molecule has 2 aromatic heterocycles. The Hall–Kier alpha value is -2.84. The van der Waals surface area contributed by atoms with E-state index < -0.39 is 0 Å². The fraction of sp³-hybridized carbons (Fsp3) is 0.158. The highest BCUT2D eigenvalue weighted by Crippen LogP contribution is 2.28. The molecule has 0 bridgehead atoms. The van der Waals surface area contributed by atoms with Crippen LogP contribution in [0, 0.1) is 19.7 Å². The number of benzene rings is 1. The van der Waals surface area contributed by atoms with Crippen molar-refractivity contribution in [2.24, 2.45) is 0 Å². The summed E-state index contributed by atoms with van der Waals surface area (Å²) in [5, 5.41) is 4.49. The smallest absolute Gasteiger partial charge is 0.123 e. The molecule has 1 unspecified atom stereocenters. The Kier molecular flexibility index (Phi) is 4.00. The normalized spacial score (nSPS) is 12.0. The van der Waals surface area contributed by atoms with Gasteiger partial charge in [0.2, 0.25) is 0 Å². The molecule has 0 saturated heterocycles. The molecule has 3 aromatic rings. The van der Waals surface area contributed by atoms with E-state index in [0.717, 1.165) is 28.0 Å². The minimum absolute atomic E-state index is 0.209. The Morgan fingerprint density at radius 2 is 2.00 bits per heavy atom. The van der Waals surface area contributed by atoms with Gasteiger partial charge in [0.25, 0.3) is 0 Å². The highest BCUT2D eigenvalue weighted by Gasteiger charge is 2.16. The van der Waals surface area contributed by atoms with Crippen molar-refractivity contribution < 1.29 is 4.39 Å². The van der Waals surface area contributed by atoms with E-state index in [1.54, 1.807) is 18.3 Å². The molecule has 4 heteroatoms. The monoisotopic (exact) mass is 307 g/mol. The van der Waals surface area contributed by atoms with Crippen LogP contribution in [0.3, 0.4) is 0 Å². The number of H-pyrrole nitrogens is 1. The van der Waals surface area contributed by atoms with E-state index in [4.69, 9.17) is 0 Å². The summed E-state index contributed by atoms with van der Waals surface area (Å²) >= 11 is 0. The van der Waals surface area contributed by atoms with Gasteiger partial charge in [0.15, 0.2) is 0 Å². The van der Waals surface area contributed by atoms with Crippen LogP contribution in [-0.2, 0) is 0 Å². The third-order valence-electron chi connectivity index (χ3n) is 4.00. The molecule has 116 valence electrons. The maximum atomic E-state index is 13.1. The molecule has 0 aliphatic carbocycles. The van der Waals surface area contributed by atoms with Gasteiger partial charge in [0.1, 0.15) is 5.82 Å². The molecule has 0 amide bonds. The molecule has 1 aromatic carbocycles. The van der Waals surface area contributed by atoms with Crippen molar-refractivity contribution in [1.29, 1.82) is 0 Å². The molecule has 0 fully saturated rings. The molecule has 0 aliphatic rings. The average Bonchev–Trinajstić information content (AvgIpc) is 2.84. The first-order valence-electron chi connectivity index (χ1n) is 7.42. The zero-order chi connectivity index (χ0) is 16.4. The number of rotatable bonds is 4. The molecular weight excluding hydrogens is 289 g/mol. The van der Waals surface area contributed by atoms with Gasteiger partial charge in [-0.15, -0.1) is 5.73 Å². The first kappa shape index (κ1) is 15.1. The number of hydrogen-bond donors (Lipinski definition) is 2. The first-order valence-corrected chi connectivity index (χ1v) is 7.42. The largest absolute Gasteiger partial charge is 0.373 e. The van der Waals surface area contributed by atoms with E-state index in [-0.39, 0.29) is 11.9 Å². The van der Waals surface area contributed by atoms with Crippen molar-refractivity contribution in [1.82, 2.24) is 9.97 Å². The molecule has 0 saturated carbocycles. The van der Waals surface area contributed by atoms with Crippen molar-refractivity contribution in [3.63, 3.8) is 0 Å². The fourth-order valence-corrected chi connectivity index (χ4v) is 2.67. The Morgan fingerprint density at radius 3 is 2.70 bits per heavy atom. The first-order chi connectivity index (χ1) is 11.1. The zero-order valence-corrected chi connectivity index (χ0v) is 13.2. The summed E-state index contributed by atoms with van der Waals surface area (Å²) in [4.78, 5) is 7.93. The van der Waals surface area contributed by atoms with Crippen LogP contribution in [-0.4, -0.2) is 9.97 Å². The van der Waals surface area contributed by atoms with Crippen LogP contribution in [0.15, 0.2) is 54.9 Å². The lowest BCUT2D eigenvalue weighted by atomic mass is 10.1. The Morgan fingerprint density at radius 1 is 1.26 bits per heavy atom. The Balaban J connectivity index is 2.06. The standard InChI is InChI=1S/C19H18FN3/c1-4-5-17(23-15-8-6-14(20)7-9-15)19-18-16(10-11-21-19)12(2)13(3)22-18/h5-11,17,22-23H,1H2,2-3H3. The third kappa shape index (κ3) is 2.89. The average molecular weight is 307 g/mol. The molecule has 23 heavy (non-hydrogen) atoms. The molecule has 0 radical (unpaired) electrons. The van der Waals surface area contributed by atoms with E-state index in [1.165, 1.54) is 17.7 Å². The number of aromatic amines is 1. The number of halogens is 1. The predicted octanol–water partition coefficient (Wildman–Crippen LogP) is 4.81. The van der Waals surface area contributed by atoms with Gasteiger partial charge in [-0.2, -0.15) is 0 Å². The number of anilines is 1. The number of nitrogens with one attached hydrogen (secondary N) is 2. The Labute approximate surface area is 134 Å². The second kappa shape index (κ2) is 6.11. The summed E-state index contributed by atoms with van der Waals surface area (Å²) in [6.45, 7) is 7.80. The summed E-state index contributed by atoms with van der Waals surface area (Å²) < 4.78 is 13.1. The summed E-state index contributed by atoms with van der Waals surface area (Å²) in [6.07, 6.45) is 3.62. The van der Waals surface area contributed by atoms with Crippen LogP contribution in [0.5, 0.6) is 0 Å². The fourth-order valence-electron chi connectivity index (χ4n) is 2.67. The van der Waals surface area contributed by atoms with Gasteiger partial charge in [0, 0.05) is 23.0 Å². The lowest BCUT2D eigenvalue weighted by Gasteiger charge is -2.16. The van der Waals surface area contributed by atoms with Crippen molar-refractivity contribution >= 4 is 16.6 Å². The summed E-state index contributed by atoms with van der Waals surface area (Å²) in [5.74, 6) is -0.262. The van der Waals surface area contributed by atoms with E-state index in [9.17, 15) is 4.39 Å². The van der Waals surface area contributed by atoms with Gasteiger partial charge in [-0.1, -0.05) is 6.58 Å². The number of nitrogens with zero attached hydrogens (tertiary/aromatic N) is 1. The lowest BCUT2D eigenvalue weighted by Crippen LogP contribution is -2.10. The highest BCUT2D eigenvalue weighted by atomic mass is 19.1. The number of fused-ring (bicyclic) bond motifs is 1. The number of aryl methyl sites for hydroxylation is 2. The van der Waals surface area contributed by atoms with Crippen molar-refractivity contribution in [2.45, 2.75) is 19.9 Å². The SMILES string of the molecule is C=C=CC(Nc1ccc(F)cc1)c1nccc2c(C)c(C)[nH]c12. The van der Waals surface area contributed by atoms with Gasteiger partial charge in [-0.25, -0.2) is 4.39 Å². The summed E-state index contributed by atoms with van der Waals surface area (Å²) in [7, 11) is 0. The second-order valence-electron chi connectivity index (χ2n) is 5.49. The molecular formula is C19H18FN3. The summed E-state index contributed by atoms with van der Waals surface area (Å²) in [6, 6.07) is 8.04. The molecule has 0 aliphatic heterocycles. The molecule has 3 rings (SSSR count). The number of pyridine rings is 1. The minimum atomic E-state index is -0.262. The van der Waals surface area contributed by atoms with Crippen LogP contribution in [0.4, 0.5) is 10.1 Å². The molecule has 1 atom stereocenters. The molecule has 0 spiro atoms. The highest BCUT2D eigenvalue weighted by molar-refractivity contribution is 5.86. The van der Waals surface area contributed by atoms with Gasteiger partial charge < -0.3 is 10.3 Å². The number of hydrogen-bond acceptors (Lipinski definition) is 2. The second-order valence-corrected chi connectivity index (χ2v) is 5.49. The third-order valence-corrected chi connectivity index (χ3v) is 4.00. The van der Waals surface area contributed by atoms with Gasteiger partial charge >= 0.3 is 0 Å². The zero-order valence-electron chi connectivity index (χ0n) is 13.2. The van der Waals surface area contributed by atoms with Crippen LogP contribution < -0.4 is 5.32 Å². The minimum Gasteiger partial charge on any atom is -0.373 e. The maximum Gasteiger partial charge on any atom is 0.123 e. The lowest BCUT2D eigenvalue weighted by molar-refractivity contribution is 0.628. The maximum absolute atomic E-state index is 13.1. The van der Waals surface area contributed by atoms with Crippen LogP contribution in [0.25, 0.3) is 10.9 Å². The van der Waals surface area contributed by atoms with Crippen LogP contribution in [0.2, 0.25) is 0 Å². The topological polar surface area (TPSA) is 40.7 Å². The predicted molar refractivity (Wildman–Crippen MR) is 92.0 cm³/mol.